The zero-order valence-electron chi connectivity index (χ0n) is 10.6. The Bertz CT molecular complexity index is 907. The third kappa shape index (κ3) is 1.91. The zero-order valence-corrected chi connectivity index (χ0v) is 12.2. The van der Waals surface area contributed by atoms with Crippen molar-refractivity contribution in [3.05, 3.63) is 71.8 Å². The van der Waals surface area contributed by atoms with Crippen LogP contribution >= 0.6 is 22.9 Å². The van der Waals surface area contributed by atoms with Crippen molar-refractivity contribution in [2.75, 3.05) is 0 Å². The molecule has 4 aromatic rings. The van der Waals surface area contributed by atoms with Crippen LogP contribution in [0.4, 0.5) is 0 Å². The van der Waals surface area contributed by atoms with Crippen LogP contribution in [0.2, 0.25) is 5.02 Å². The molecule has 1 aromatic heterocycles. The van der Waals surface area contributed by atoms with Crippen LogP contribution in [0.25, 0.3) is 31.3 Å². The molecule has 0 nitrogen and oxygen atoms in total. The van der Waals surface area contributed by atoms with Crippen LogP contribution in [0.3, 0.4) is 0 Å². The quantitative estimate of drug-likeness (QED) is 0.382. The fraction of sp³-hybridized carbons (Fsp3) is 0. The number of fused-ring (bicyclic) bond motifs is 3. The van der Waals surface area contributed by atoms with Gasteiger partial charge in [0.05, 0.1) is 0 Å². The van der Waals surface area contributed by atoms with Crippen LogP contribution in [-0.4, -0.2) is 0 Å². The van der Waals surface area contributed by atoms with Gasteiger partial charge in [0.1, 0.15) is 0 Å². The van der Waals surface area contributed by atoms with Crippen LogP contribution in [0, 0.1) is 0 Å². The fourth-order valence-corrected chi connectivity index (χ4v) is 3.80. The summed E-state index contributed by atoms with van der Waals surface area (Å²) < 4.78 is 2.59. The van der Waals surface area contributed by atoms with Gasteiger partial charge in [0.15, 0.2) is 0 Å². The summed E-state index contributed by atoms with van der Waals surface area (Å²) in [6.45, 7) is 0. The Morgan fingerprint density at radius 1 is 0.650 bits per heavy atom. The summed E-state index contributed by atoms with van der Waals surface area (Å²) in [4.78, 5) is 0. The van der Waals surface area contributed by atoms with E-state index in [1.54, 1.807) is 0 Å². The van der Waals surface area contributed by atoms with Crippen LogP contribution in [0.1, 0.15) is 0 Å². The normalized spacial score (nSPS) is 11.2. The molecule has 1 heterocycles. The van der Waals surface area contributed by atoms with Crippen molar-refractivity contribution in [2.45, 2.75) is 0 Å². The zero-order chi connectivity index (χ0) is 13.5. The van der Waals surface area contributed by atoms with E-state index in [2.05, 4.69) is 54.6 Å². The van der Waals surface area contributed by atoms with Crippen molar-refractivity contribution in [3.8, 4) is 11.1 Å². The monoisotopic (exact) mass is 294 g/mol. The van der Waals surface area contributed by atoms with Gasteiger partial charge in [-0.15, -0.1) is 11.3 Å². The number of thiophene rings is 1. The molecule has 0 saturated carbocycles. The SMILES string of the molecule is Clc1ccc2sc3ccc(-c4ccccc4)cc3c2c1. The summed E-state index contributed by atoms with van der Waals surface area (Å²) in [6, 6.07) is 23.2. The van der Waals surface area contributed by atoms with Crippen molar-refractivity contribution < 1.29 is 0 Å². The molecule has 2 heteroatoms. The molecule has 0 bridgehead atoms. The smallest absolute Gasteiger partial charge is 0.0413 e. The molecular formula is C18H11ClS. The van der Waals surface area contributed by atoms with E-state index in [1.165, 1.54) is 31.3 Å². The first-order chi connectivity index (χ1) is 9.81. The summed E-state index contributed by atoms with van der Waals surface area (Å²) in [6.07, 6.45) is 0. The largest absolute Gasteiger partial charge is 0.135 e. The van der Waals surface area contributed by atoms with E-state index in [9.17, 15) is 0 Å². The predicted molar refractivity (Wildman–Crippen MR) is 89.8 cm³/mol. The van der Waals surface area contributed by atoms with Crippen molar-refractivity contribution in [2.24, 2.45) is 0 Å². The minimum absolute atomic E-state index is 0.794. The second kappa shape index (κ2) is 4.62. The number of halogens is 1. The molecule has 0 aliphatic carbocycles. The number of hydrogen-bond donors (Lipinski definition) is 0. The second-order valence-electron chi connectivity index (χ2n) is 4.82. The van der Waals surface area contributed by atoms with Gasteiger partial charge in [-0.2, -0.15) is 0 Å². The van der Waals surface area contributed by atoms with Gasteiger partial charge in [-0.05, 0) is 41.5 Å². The molecule has 0 unspecified atom stereocenters. The van der Waals surface area contributed by atoms with Gasteiger partial charge >= 0.3 is 0 Å². The Kier molecular flexibility index (Phi) is 2.76. The average Bonchev–Trinajstić information content (AvgIpc) is 2.85. The molecular weight excluding hydrogens is 284 g/mol. The molecule has 0 saturated heterocycles. The van der Waals surface area contributed by atoms with E-state index in [-0.39, 0.29) is 0 Å². The highest BCUT2D eigenvalue weighted by Crippen LogP contribution is 2.37. The Morgan fingerprint density at radius 3 is 2.15 bits per heavy atom. The third-order valence-corrected chi connectivity index (χ3v) is 4.93. The molecule has 0 N–H and O–H groups in total. The molecule has 20 heavy (non-hydrogen) atoms. The van der Waals surface area contributed by atoms with Crippen molar-refractivity contribution in [3.63, 3.8) is 0 Å². The Balaban J connectivity index is 2.03. The molecule has 0 aliphatic rings. The molecule has 3 aromatic carbocycles. The third-order valence-electron chi connectivity index (χ3n) is 3.54. The topological polar surface area (TPSA) is 0 Å². The van der Waals surface area contributed by atoms with E-state index < -0.39 is 0 Å². The Labute approximate surface area is 126 Å². The summed E-state index contributed by atoms with van der Waals surface area (Å²) in [5.41, 5.74) is 2.49. The van der Waals surface area contributed by atoms with Crippen LogP contribution in [0.5, 0.6) is 0 Å². The lowest BCUT2D eigenvalue weighted by atomic mass is 10.0. The molecule has 0 spiro atoms. The number of hydrogen-bond acceptors (Lipinski definition) is 1. The molecule has 4 rings (SSSR count). The molecule has 96 valence electrons. The fourth-order valence-electron chi connectivity index (χ4n) is 2.56. The highest BCUT2D eigenvalue weighted by atomic mass is 35.5. The van der Waals surface area contributed by atoms with E-state index in [1.807, 2.05) is 23.5 Å². The van der Waals surface area contributed by atoms with Gasteiger partial charge in [0.2, 0.25) is 0 Å². The van der Waals surface area contributed by atoms with Gasteiger partial charge in [-0.25, -0.2) is 0 Å². The van der Waals surface area contributed by atoms with Gasteiger partial charge in [-0.1, -0.05) is 48.0 Å². The van der Waals surface area contributed by atoms with E-state index in [4.69, 9.17) is 11.6 Å². The minimum atomic E-state index is 0.794. The number of benzene rings is 3. The maximum absolute atomic E-state index is 6.14. The van der Waals surface area contributed by atoms with Gasteiger partial charge in [0, 0.05) is 25.2 Å². The predicted octanol–water partition coefficient (Wildman–Crippen LogP) is 6.37. The maximum atomic E-state index is 6.14. The summed E-state index contributed by atoms with van der Waals surface area (Å²) in [5, 5.41) is 3.33. The molecule has 0 aliphatic heterocycles. The van der Waals surface area contributed by atoms with Crippen LogP contribution in [-0.2, 0) is 0 Å². The van der Waals surface area contributed by atoms with E-state index >= 15 is 0 Å². The van der Waals surface area contributed by atoms with Gasteiger partial charge in [-0.3, -0.25) is 0 Å². The lowest BCUT2D eigenvalue weighted by Crippen LogP contribution is -1.76. The van der Waals surface area contributed by atoms with Gasteiger partial charge < -0.3 is 0 Å². The lowest BCUT2D eigenvalue weighted by molar-refractivity contribution is 1.66. The summed E-state index contributed by atoms with van der Waals surface area (Å²) >= 11 is 7.95. The van der Waals surface area contributed by atoms with Crippen molar-refractivity contribution in [1.82, 2.24) is 0 Å². The molecule has 0 amide bonds. The lowest BCUT2D eigenvalue weighted by Gasteiger charge is -2.01. The highest BCUT2D eigenvalue weighted by Gasteiger charge is 2.07. The summed E-state index contributed by atoms with van der Waals surface area (Å²) in [7, 11) is 0. The molecule has 0 atom stereocenters. The van der Waals surface area contributed by atoms with Crippen LogP contribution < -0.4 is 0 Å². The molecule has 0 fully saturated rings. The second-order valence-corrected chi connectivity index (χ2v) is 6.34. The number of rotatable bonds is 1. The highest BCUT2D eigenvalue weighted by molar-refractivity contribution is 7.25. The first kappa shape index (κ1) is 12.0. The summed E-state index contributed by atoms with van der Waals surface area (Å²) in [5.74, 6) is 0. The molecule has 0 radical (unpaired) electrons. The first-order valence-corrected chi connectivity index (χ1v) is 7.68. The average molecular weight is 295 g/mol. The Morgan fingerprint density at radius 2 is 1.35 bits per heavy atom. The maximum Gasteiger partial charge on any atom is 0.0413 e. The van der Waals surface area contributed by atoms with Crippen molar-refractivity contribution in [1.29, 1.82) is 0 Å². The first-order valence-electron chi connectivity index (χ1n) is 6.48. The van der Waals surface area contributed by atoms with Gasteiger partial charge in [0.25, 0.3) is 0 Å². The van der Waals surface area contributed by atoms with Crippen molar-refractivity contribution >= 4 is 43.1 Å². The Hall–Kier alpha value is -1.83. The van der Waals surface area contributed by atoms with E-state index in [0.29, 0.717) is 0 Å². The van der Waals surface area contributed by atoms with Crippen LogP contribution in [0.15, 0.2) is 66.7 Å². The van der Waals surface area contributed by atoms with E-state index in [0.717, 1.165) is 5.02 Å². The minimum Gasteiger partial charge on any atom is -0.135 e. The standard InChI is InChI=1S/C18H11ClS/c19-14-7-9-18-16(11-14)15-10-13(6-8-17(15)20-18)12-4-2-1-3-5-12/h1-11H.